The smallest absolute Gasteiger partial charge is 0.245 e. The maximum absolute atomic E-state index is 12.6. The summed E-state index contributed by atoms with van der Waals surface area (Å²) < 4.78 is 5.14. The number of carbonyl (C=O) groups is 2. The van der Waals surface area contributed by atoms with Crippen molar-refractivity contribution in [3.8, 4) is 5.75 Å². The minimum absolute atomic E-state index is 0.0918. The third-order valence-corrected chi connectivity index (χ3v) is 4.30. The number of nitrogens with zero attached hydrogens (tertiary/aromatic N) is 2. The van der Waals surface area contributed by atoms with Crippen LogP contribution >= 0.6 is 0 Å². The Morgan fingerprint density at radius 2 is 1.95 bits per heavy atom. The van der Waals surface area contributed by atoms with E-state index >= 15 is 0 Å². The summed E-state index contributed by atoms with van der Waals surface area (Å²) in [4.78, 5) is 28.2. The first kappa shape index (κ1) is 13.9. The summed E-state index contributed by atoms with van der Waals surface area (Å²) in [6, 6.07) is 7.48. The SMILES string of the molecule is COc1ccc(CN2CCC(=O)N3CCCC3C2=O)cc1. The molecule has 0 N–H and O–H groups in total. The highest BCUT2D eigenvalue weighted by molar-refractivity contribution is 5.90. The Morgan fingerprint density at radius 3 is 2.67 bits per heavy atom. The molecule has 0 radical (unpaired) electrons. The Balaban J connectivity index is 1.74. The summed E-state index contributed by atoms with van der Waals surface area (Å²) in [5, 5.41) is 0. The van der Waals surface area contributed by atoms with Crippen LogP contribution in [0.1, 0.15) is 24.8 Å². The summed E-state index contributed by atoms with van der Waals surface area (Å²) in [7, 11) is 1.63. The molecule has 112 valence electrons. The molecule has 0 aromatic heterocycles. The summed E-state index contributed by atoms with van der Waals surface area (Å²) in [6.45, 7) is 1.79. The standard InChI is InChI=1S/C16H20N2O3/c1-21-13-6-4-12(5-7-13)11-17-10-8-15(19)18-9-2-3-14(18)16(17)20/h4-7,14H,2-3,8-11H2,1H3. The fraction of sp³-hybridized carbons (Fsp3) is 0.500. The van der Waals surface area contributed by atoms with Crippen molar-refractivity contribution in [1.29, 1.82) is 0 Å². The highest BCUT2D eigenvalue weighted by Crippen LogP contribution is 2.24. The fourth-order valence-electron chi connectivity index (χ4n) is 3.13. The van der Waals surface area contributed by atoms with Crippen molar-refractivity contribution < 1.29 is 14.3 Å². The van der Waals surface area contributed by atoms with Gasteiger partial charge in [-0.25, -0.2) is 0 Å². The van der Waals surface area contributed by atoms with Gasteiger partial charge in [0.05, 0.1) is 7.11 Å². The van der Waals surface area contributed by atoms with Crippen LogP contribution in [0.4, 0.5) is 0 Å². The van der Waals surface area contributed by atoms with Crippen molar-refractivity contribution in [3.05, 3.63) is 29.8 Å². The zero-order chi connectivity index (χ0) is 14.8. The van der Waals surface area contributed by atoms with Gasteiger partial charge >= 0.3 is 0 Å². The number of carbonyl (C=O) groups excluding carboxylic acids is 2. The second kappa shape index (κ2) is 5.76. The molecule has 0 bridgehead atoms. The van der Waals surface area contributed by atoms with Gasteiger partial charge in [-0.05, 0) is 30.5 Å². The van der Waals surface area contributed by atoms with Gasteiger partial charge in [-0.2, -0.15) is 0 Å². The Kier molecular flexibility index (Phi) is 3.82. The number of amides is 2. The maximum atomic E-state index is 12.6. The van der Waals surface area contributed by atoms with Crippen LogP contribution in [0.2, 0.25) is 0 Å². The molecule has 3 rings (SSSR count). The van der Waals surface area contributed by atoms with E-state index in [2.05, 4.69) is 0 Å². The summed E-state index contributed by atoms with van der Waals surface area (Å²) in [5.74, 6) is 1.01. The number of fused-ring (bicyclic) bond motifs is 1. The number of hydrogen-bond donors (Lipinski definition) is 0. The molecule has 1 aromatic rings. The lowest BCUT2D eigenvalue weighted by Gasteiger charge is -2.25. The molecule has 2 amide bonds. The second-order valence-corrected chi connectivity index (χ2v) is 5.60. The average Bonchev–Trinajstić information content (AvgIpc) is 2.97. The highest BCUT2D eigenvalue weighted by atomic mass is 16.5. The Labute approximate surface area is 124 Å². The largest absolute Gasteiger partial charge is 0.497 e. The van der Waals surface area contributed by atoms with Crippen LogP contribution in [0.15, 0.2) is 24.3 Å². The third-order valence-electron chi connectivity index (χ3n) is 4.30. The third kappa shape index (κ3) is 2.73. The van der Waals surface area contributed by atoms with Gasteiger partial charge in [0, 0.05) is 26.1 Å². The van der Waals surface area contributed by atoms with E-state index in [0.29, 0.717) is 19.5 Å². The first-order valence-electron chi connectivity index (χ1n) is 7.40. The van der Waals surface area contributed by atoms with Crippen LogP contribution in [0, 0.1) is 0 Å². The van der Waals surface area contributed by atoms with Gasteiger partial charge in [0.2, 0.25) is 11.8 Å². The van der Waals surface area contributed by atoms with Crippen molar-refractivity contribution in [1.82, 2.24) is 9.80 Å². The van der Waals surface area contributed by atoms with Gasteiger partial charge in [0.1, 0.15) is 11.8 Å². The topological polar surface area (TPSA) is 49.9 Å². The van der Waals surface area contributed by atoms with E-state index < -0.39 is 0 Å². The number of methoxy groups -OCH3 is 1. The monoisotopic (exact) mass is 288 g/mol. The number of ether oxygens (including phenoxy) is 1. The molecule has 1 unspecified atom stereocenters. The number of rotatable bonds is 3. The van der Waals surface area contributed by atoms with Gasteiger partial charge in [-0.15, -0.1) is 0 Å². The van der Waals surface area contributed by atoms with Gasteiger partial charge in [-0.1, -0.05) is 12.1 Å². The molecule has 1 atom stereocenters. The summed E-state index contributed by atoms with van der Waals surface area (Å²) >= 11 is 0. The van der Waals surface area contributed by atoms with Gasteiger partial charge in [-0.3, -0.25) is 9.59 Å². The van der Waals surface area contributed by atoms with Crippen molar-refractivity contribution in [2.24, 2.45) is 0 Å². The van der Waals surface area contributed by atoms with Crippen LogP contribution in [0.3, 0.4) is 0 Å². The second-order valence-electron chi connectivity index (χ2n) is 5.60. The molecule has 0 aliphatic carbocycles. The van der Waals surface area contributed by atoms with Crippen LogP contribution in [0.25, 0.3) is 0 Å². The van der Waals surface area contributed by atoms with E-state index in [9.17, 15) is 9.59 Å². The molecule has 2 saturated heterocycles. The Hall–Kier alpha value is -2.04. The summed E-state index contributed by atoms with van der Waals surface area (Å²) in [5.41, 5.74) is 1.06. The molecule has 1 aromatic carbocycles. The van der Waals surface area contributed by atoms with Crippen LogP contribution in [-0.2, 0) is 16.1 Å². The lowest BCUT2D eigenvalue weighted by molar-refractivity contribution is -0.139. The quantitative estimate of drug-likeness (QED) is 0.845. The minimum Gasteiger partial charge on any atom is -0.497 e. The zero-order valence-corrected chi connectivity index (χ0v) is 12.2. The van der Waals surface area contributed by atoms with Crippen LogP contribution in [0.5, 0.6) is 5.75 Å². The van der Waals surface area contributed by atoms with E-state index in [1.165, 1.54) is 0 Å². The number of hydrogen-bond acceptors (Lipinski definition) is 3. The molecule has 21 heavy (non-hydrogen) atoms. The lowest BCUT2D eigenvalue weighted by atomic mass is 10.1. The van der Waals surface area contributed by atoms with E-state index in [-0.39, 0.29) is 17.9 Å². The maximum Gasteiger partial charge on any atom is 0.245 e. The first-order valence-corrected chi connectivity index (χ1v) is 7.40. The summed E-state index contributed by atoms with van der Waals surface area (Å²) in [6.07, 6.45) is 2.15. The Bertz CT molecular complexity index is 541. The van der Waals surface area contributed by atoms with Crippen molar-refractivity contribution in [2.75, 3.05) is 20.2 Å². The predicted octanol–water partition coefficient (Wildman–Crippen LogP) is 1.42. The lowest BCUT2D eigenvalue weighted by Crippen LogP contribution is -2.43. The molecule has 0 saturated carbocycles. The predicted molar refractivity (Wildman–Crippen MR) is 77.8 cm³/mol. The molecule has 5 nitrogen and oxygen atoms in total. The zero-order valence-electron chi connectivity index (χ0n) is 12.2. The number of benzene rings is 1. The van der Waals surface area contributed by atoms with Gasteiger partial charge < -0.3 is 14.5 Å². The highest BCUT2D eigenvalue weighted by Gasteiger charge is 2.39. The van der Waals surface area contributed by atoms with E-state index in [0.717, 1.165) is 30.7 Å². The molecule has 2 aliphatic heterocycles. The van der Waals surface area contributed by atoms with E-state index in [4.69, 9.17) is 4.74 Å². The molecule has 2 heterocycles. The molecule has 2 aliphatic rings. The molecule has 2 fully saturated rings. The molecular weight excluding hydrogens is 268 g/mol. The normalized spacial score (nSPS) is 22.2. The van der Waals surface area contributed by atoms with Gasteiger partial charge in [0.15, 0.2) is 0 Å². The van der Waals surface area contributed by atoms with Crippen molar-refractivity contribution in [3.63, 3.8) is 0 Å². The van der Waals surface area contributed by atoms with E-state index in [1.54, 1.807) is 12.0 Å². The molecular formula is C16H20N2O3. The van der Waals surface area contributed by atoms with Crippen molar-refractivity contribution in [2.45, 2.75) is 31.8 Å². The van der Waals surface area contributed by atoms with E-state index in [1.807, 2.05) is 29.2 Å². The van der Waals surface area contributed by atoms with Crippen molar-refractivity contribution >= 4 is 11.8 Å². The molecule has 0 spiro atoms. The first-order chi connectivity index (χ1) is 10.2. The Morgan fingerprint density at radius 1 is 1.19 bits per heavy atom. The van der Waals surface area contributed by atoms with Crippen LogP contribution in [-0.4, -0.2) is 47.9 Å². The average molecular weight is 288 g/mol. The van der Waals surface area contributed by atoms with Crippen LogP contribution < -0.4 is 4.74 Å². The fourth-order valence-corrected chi connectivity index (χ4v) is 3.13. The molecule has 5 heteroatoms. The minimum atomic E-state index is -0.238. The van der Waals surface area contributed by atoms with Gasteiger partial charge in [0.25, 0.3) is 0 Å².